The molecule has 3 heterocycles. The smallest absolute Gasteiger partial charge is 0.243 e. The molecule has 160 valence electrons. The zero-order valence-corrected chi connectivity index (χ0v) is 17.4. The van der Waals surface area contributed by atoms with Gasteiger partial charge in [0.1, 0.15) is 0 Å². The molecule has 0 aromatic heterocycles. The third kappa shape index (κ3) is 3.80. The molecule has 0 aliphatic carbocycles. The Morgan fingerprint density at radius 2 is 1.43 bits per heavy atom. The Kier molecular flexibility index (Phi) is 5.18. The average Bonchev–Trinajstić information content (AvgIpc) is 3.09. The van der Waals surface area contributed by atoms with Gasteiger partial charge in [-0.3, -0.25) is 4.90 Å². The first kappa shape index (κ1) is 19.5. The predicted molar refractivity (Wildman–Crippen MR) is 109 cm³/mol. The van der Waals surface area contributed by atoms with Gasteiger partial charge in [-0.05, 0) is 29.8 Å². The Morgan fingerprint density at radius 1 is 0.767 bits per heavy atom. The topological polar surface area (TPSA) is 77.5 Å². The summed E-state index contributed by atoms with van der Waals surface area (Å²) in [7, 11) is -3.58. The number of hydrogen-bond acceptors (Lipinski definition) is 7. The monoisotopic (exact) mass is 432 g/mol. The van der Waals surface area contributed by atoms with Gasteiger partial charge in [0.15, 0.2) is 23.0 Å². The zero-order chi connectivity index (χ0) is 20.6. The highest BCUT2D eigenvalue weighted by Crippen LogP contribution is 2.34. The van der Waals surface area contributed by atoms with Crippen LogP contribution in [0.3, 0.4) is 0 Å². The summed E-state index contributed by atoms with van der Waals surface area (Å²) >= 11 is 0. The third-order valence-corrected chi connectivity index (χ3v) is 7.43. The summed E-state index contributed by atoms with van der Waals surface area (Å²) in [6.45, 7) is 4.32. The minimum Gasteiger partial charge on any atom is -0.490 e. The number of sulfonamides is 1. The Hall–Kier alpha value is -2.49. The van der Waals surface area contributed by atoms with E-state index in [1.54, 1.807) is 22.5 Å². The van der Waals surface area contributed by atoms with E-state index in [0.29, 0.717) is 50.9 Å². The van der Waals surface area contributed by atoms with E-state index in [-0.39, 0.29) is 11.7 Å². The third-order valence-electron chi connectivity index (χ3n) is 5.53. The van der Waals surface area contributed by atoms with E-state index in [0.717, 1.165) is 30.0 Å². The number of rotatable bonds is 4. The van der Waals surface area contributed by atoms with E-state index in [4.69, 9.17) is 18.9 Å². The Bertz CT molecular complexity index is 1030. The normalized spacial score (nSPS) is 19.5. The molecule has 0 radical (unpaired) electrons. The molecule has 8 nitrogen and oxygen atoms in total. The van der Waals surface area contributed by atoms with Gasteiger partial charge in [-0.1, -0.05) is 6.07 Å². The maximum atomic E-state index is 13.1. The van der Waals surface area contributed by atoms with Crippen molar-refractivity contribution in [1.82, 2.24) is 9.21 Å². The molecule has 2 aromatic carbocycles. The molecule has 1 fully saturated rings. The molecule has 0 bridgehead atoms. The molecule has 3 aliphatic rings. The molecule has 2 aromatic rings. The van der Waals surface area contributed by atoms with E-state index in [2.05, 4.69) is 4.90 Å². The number of nitrogens with zero attached hydrogens (tertiary/aromatic N) is 2. The van der Waals surface area contributed by atoms with Gasteiger partial charge in [0, 0.05) is 45.2 Å². The molecule has 0 spiro atoms. The summed E-state index contributed by atoms with van der Waals surface area (Å²) in [4.78, 5) is 2.49. The standard InChI is InChI=1S/C21H24N2O6S/c24-30(25,17-3-5-18-21(13-17)27-11-1-10-26-18)23-8-6-22(7-9-23)14-16-2-4-19-20(12-16)29-15-28-19/h2-5,12-13H,1,6-11,14-15H2. The van der Waals surface area contributed by atoms with Crippen molar-refractivity contribution < 1.29 is 27.4 Å². The second-order valence-electron chi connectivity index (χ2n) is 7.53. The van der Waals surface area contributed by atoms with Crippen LogP contribution in [-0.4, -0.2) is 63.8 Å². The van der Waals surface area contributed by atoms with Gasteiger partial charge >= 0.3 is 0 Å². The Morgan fingerprint density at radius 3 is 2.27 bits per heavy atom. The van der Waals surface area contributed by atoms with Crippen LogP contribution in [0.2, 0.25) is 0 Å². The summed E-state index contributed by atoms with van der Waals surface area (Å²) < 4.78 is 49.9. The number of piperazine rings is 1. The molecule has 0 N–H and O–H groups in total. The van der Waals surface area contributed by atoms with Crippen molar-refractivity contribution in [3.8, 4) is 23.0 Å². The first-order valence-corrected chi connectivity index (χ1v) is 11.5. The highest BCUT2D eigenvalue weighted by molar-refractivity contribution is 7.89. The second kappa shape index (κ2) is 7.98. The molecule has 5 rings (SSSR count). The molecule has 0 unspecified atom stereocenters. The van der Waals surface area contributed by atoms with Crippen LogP contribution in [0.1, 0.15) is 12.0 Å². The first-order valence-electron chi connectivity index (χ1n) is 10.1. The van der Waals surface area contributed by atoms with E-state index in [1.807, 2.05) is 18.2 Å². The van der Waals surface area contributed by atoms with Crippen molar-refractivity contribution in [2.45, 2.75) is 17.9 Å². The molecule has 9 heteroatoms. The summed E-state index contributed by atoms with van der Waals surface area (Å²) in [6.07, 6.45) is 0.780. The average molecular weight is 432 g/mol. The molecular formula is C21H24N2O6S. The van der Waals surface area contributed by atoms with Crippen molar-refractivity contribution in [1.29, 1.82) is 0 Å². The second-order valence-corrected chi connectivity index (χ2v) is 9.46. The predicted octanol–water partition coefficient (Wildman–Crippen LogP) is 2.08. The van der Waals surface area contributed by atoms with Crippen LogP contribution < -0.4 is 18.9 Å². The van der Waals surface area contributed by atoms with Crippen molar-refractivity contribution in [2.24, 2.45) is 0 Å². The highest BCUT2D eigenvalue weighted by atomic mass is 32.2. The van der Waals surface area contributed by atoms with Crippen molar-refractivity contribution in [3.63, 3.8) is 0 Å². The fourth-order valence-corrected chi connectivity index (χ4v) is 5.32. The van der Waals surface area contributed by atoms with Gasteiger partial charge in [0.2, 0.25) is 16.8 Å². The largest absolute Gasteiger partial charge is 0.490 e. The van der Waals surface area contributed by atoms with E-state index in [1.165, 1.54) is 0 Å². The maximum absolute atomic E-state index is 13.1. The van der Waals surface area contributed by atoms with Gasteiger partial charge < -0.3 is 18.9 Å². The first-order chi connectivity index (χ1) is 14.6. The van der Waals surface area contributed by atoms with E-state index < -0.39 is 10.0 Å². The zero-order valence-electron chi connectivity index (χ0n) is 16.6. The Labute approximate surface area is 175 Å². The SMILES string of the molecule is O=S(=O)(c1ccc2c(c1)OCCCO2)N1CCN(Cc2ccc3c(c2)OCO3)CC1. The number of ether oxygens (including phenoxy) is 4. The van der Waals surface area contributed by atoms with Gasteiger partial charge in [-0.15, -0.1) is 0 Å². The molecule has 1 saturated heterocycles. The molecule has 0 atom stereocenters. The van der Waals surface area contributed by atoms with Gasteiger partial charge in [0.25, 0.3) is 0 Å². The molecule has 3 aliphatic heterocycles. The lowest BCUT2D eigenvalue weighted by molar-refractivity contribution is 0.173. The van der Waals surface area contributed by atoms with Crippen LogP contribution in [-0.2, 0) is 16.6 Å². The molecular weight excluding hydrogens is 408 g/mol. The van der Waals surface area contributed by atoms with Crippen LogP contribution >= 0.6 is 0 Å². The number of benzene rings is 2. The van der Waals surface area contributed by atoms with Crippen molar-refractivity contribution in [2.75, 3.05) is 46.2 Å². The summed E-state index contributed by atoms with van der Waals surface area (Å²) in [5.74, 6) is 2.63. The summed E-state index contributed by atoms with van der Waals surface area (Å²) in [6, 6.07) is 10.8. The summed E-state index contributed by atoms with van der Waals surface area (Å²) in [5.41, 5.74) is 1.12. The van der Waals surface area contributed by atoms with Crippen LogP contribution in [0.25, 0.3) is 0 Å². The van der Waals surface area contributed by atoms with E-state index in [9.17, 15) is 8.42 Å². The lowest BCUT2D eigenvalue weighted by atomic mass is 10.2. The van der Waals surface area contributed by atoms with E-state index >= 15 is 0 Å². The summed E-state index contributed by atoms with van der Waals surface area (Å²) in [5, 5.41) is 0. The minimum atomic E-state index is -3.58. The van der Waals surface area contributed by atoms with Crippen molar-refractivity contribution >= 4 is 10.0 Å². The molecule has 0 amide bonds. The van der Waals surface area contributed by atoms with Gasteiger partial charge in [0.05, 0.1) is 18.1 Å². The van der Waals surface area contributed by atoms with Crippen LogP contribution in [0.15, 0.2) is 41.3 Å². The van der Waals surface area contributed by atoms with Crippen LogP contribution in [0, 0.1) is 0 Å². The quantitative estimate of drug-likeness (QED) is 0.732. The lowest BCUT2D eigenvalue weighted by Gasteiger charge is -2.34. The highest BCUT2D eigenvalue weighted by Gasteiger charge is 2.29. The number of fused-ring (bicyclic) bond motifs is 2. The lowest BCUT2D eigenvalue weighted by Crippen LogP contribution is -2.48. The molecule has 30 heavy (non-hydrogen) atoms. The van der Waals surface area contributed by atoms with Crippen LogP contribution in [0.4, 0.5) is 0 Å². The van der Waals surface area contributed by atoms with Gasteiger partial charge in [-0.2, -0.15) is 4.31 Å². The minimum absolute atomic E-state index is 0.246. The van der Waals surface area contributed by atoms with Gasteiger partial charge in [-0.25, -0.2) is 8.42 Å². The fourth-order valence-electron chi connectivity index (χ4n) is 3.88. The maximum Gasteiger partial charge on any atom is 0.243 e. The molecule has 0 saturated carbocycles. The van der Waals surface area contributed by atoms with Crippen molar-refractivity contribution in [3.05, 3.63) is 42.0 Å². The van der Waals surface area contributed by atoms with Crippen LogP contribution in [0.5, 0.6) is 23.0 Å². The number of hydrogen-bond donors (Lipinski definition) is 0. The Balaban J connectivity index is 1.24. The fraction of sp³-hybridized carbons (Fsp3) is 0.429.